The van der Waals surface area contributed by atoms with Crippen molar-refractivity contribution in [3.63, 3.8) is 0 Å². The standard InChI is InChI=1S/C18H14N2O2S2/c1-12(21)19-15-10-6-5-7-13(15)11-16-17(22)20(18(23)24-16)14-8-3-2-4-9-14/h2-11H,1H3,(H,19,21)/b16-11-. The highest BCUT2D eigenvalue weighted by molar-refractivity contribution is 8.27. The summed E-state index contributed by atoms with van der Waals surface area (Å²) in [5.41, 5.74) is 2.18. The van der Waals surface area contributed by atoms with Crippen LogP contribution in [0.4, 0.5) is 11.4 Å². The van der Waals surface area contributed by atoms with Gasteiger partial charge in [0.1, 0.15) is 0 Å². The van der Waals surface area contributed by atoms with Gasteiger partial charge in [-0.3, -0.25) is 14.5 Å². The van der Waals surface area contributed by atoms with Crippen LogP contribution in [-0.2, 0) is 9.59 Å². The summed E-state index contributed by atoms with van der Waals surface area (Å²) in [5.74, 6) is -0.318. The summed E-state index contributed by atoms with van der Waals surface area (Å²) in [7, 11) is 0. The SMILES string of the molecule is CC(=O)Nc1ccccc1/C=C1\SC(=S)N(c2ccccc2)C1=O. The molecule has 0 unspecified atom stereocenters. The highest BCUT2D eigenvalue weighted by Gasteiger charge is 2.33. The number of para-hydroxylation sites is 2. The van der Waals surface area contributed by atoms with Gasteiger partial charge in [0.25, 0.3) is 5.91 Å². The lowest BCUT2D eigenvalue weighted by molar-refractivity contribution is -0.114. The second-order valence-electron chi connectivity index (χ2n) is 5.12. The molecule has 2 aromatic carbocycles. The molecule has 0 spiro atoms. The van der Waals surface area contributed by atoms with Crippen LogP contribution >= 0.6 is 24.0 Å². The van der Waals surface area contributed by atoms with Crippen molar-refractivity contribution < 1.29 is 9.59 Å². The molecule has 0 aromatic heterocycles. The number of carbonyl (C=O) groups is 2. The number of hydrogen-bond donors (Lipinski definition) is 1. The van der Waals surface area contributed by atoms with E-state index in [0.717, 1.165) is 11.3 Å². The number of carbonyl (C=O) groups excluding carboxylic acids is 2. The van der Waals surface area contributed by atoms with Crippen molar-refractivity contribution in [3.05, 3.63) is 65.1 Å². The van der Waals surface area contributed by atoms with Crippen LogP contribution < -0.4 is 10.2 Å². The van der Waals surface area contributed by atoms with Gasteiger partial charge in [0.15, 0.2) is 4.32 Å². The van der Waals surface area contributed by atoms with Gasteiger partial charge in [0, 0.05) is 12.6 Å². The molecule has 6 heteroatoms. The molecular weight excluding hydrogens is 340 g/mol. The molecule has 1 aliphatic rings. The third kappa shape index (κ3) is 3.39. The minimum absolute atomic E-state index is 0.158. The van der Waals surface area contributed by atoms with Crippen LogP contribution in [-0.4, -0.2) is 16.1 Å². The van der Waals surface area contributed by atoms with Crippen LogP contribution in [0.3, 0.4) is 0 Å². The Hall–Kier alpha value is -2.44. The summed E-state index contributed by atoms with van der Waals surface area (Å²) < 4.78 is 0.495. The van der Waals surface area contributed by atoms with E-state index < -0.39 is 0 Å². The van der Waals surface area contributed by atoms with Gasteiger partial charge in [-0.1, -0.05) is 60.4 Å². The highest BCUT2D eigenvalue weighted by atomic mass is 32.2. The van der Waals surface area contributed by atoms with E-state index in [4.69, 9.17) is 12.2 Å². The molecular formula is C18H14N2O2S2. The largest absolute Gasteiger partial charge is 0.326 e. The van der Waals surface area contributed by atoms with Crippen molar-refractivity contribution in [1.82, 2.24) is 0 Å². The Labute approximate surface area is 149 Å². The Morgan fingerprint density at radius 1 is 1.12 bits per heavy atom. The van der Waals surface area contributed by atoms with Crippen molar-refractivity contribution in [1.29, 1.82) is 0 Å². The van der Waals surface area contributed by atoms with Gasteiger partial charge < -0.3 is 5.32 Å². The molecule has 0 saturated carbocycles. The Morgan fingerprint density at radius 3 is 2.50 bits per heavy atom. The summed E-state index contributed by atoms with van der Waals surface area (Å²) >= 11 is 6.61. The van der Waals surface area contributed by atoms with Gasteiger partial charge in [0.05, 0.1) is 10.6 Å². The van der Waals surface area contributed by atoms with Gasteiger partial charge >= 0.3 is 0 Å². The lowest BCUT2D eigenvalue weighted by atomic mass is 10.1. The fourth-order valence-electron chi connectivity index (χ4n) is 2.33. The quantitative estimate of drug-likeness (QED) is 0.667. The van der Waals surface area contributed by atoms with Crippen LogP contribution in [0.5, 0.6) is 0 Å². The maximum atomic E-state index is 12.7. The minimum Gasteiger partial charge on any atom is -0.326 e. The maximum absolute atomic E-state index is 12.7. The Morgan fingerprint density at radius 2 is 1.79 bits per heavy atom. The number of hydrogen-bond acceptors (Lipinski definition) is 4. The van der Waals surface area contributed by atoms with Crippen molar-refractivity contribution in [2.24, 2.45) is 0 Å². The third-order valence-corrected chi connectivity index (χ3v) is 4.67. The number of thiocarbonyl (C=S) groups is 1. The van der Waals surface area contributed by atoms with E-state index in [2.05, 4.69) is 5.32 Å². The molecule has 1 saturated heterocycles. The highest BCUT2D eigenvalue weighted by Crippen LogP contribution is 2.36. The number of rotatable bonds is 3. The monoisotopic (exact) mass is 354 g/mol. The number of anilines is 2. The fraction of sp³-hybridized carbons (Fsp3) is 0.0556. The molecule has 1 heterocycles. The lowest BCUT2D eigenvalue weighted by Gasteiger charge is -2.13. The first-order valence-corrected chi connectivity index (χ1v) is 8.48. The van der Waals surface area contributed by atoms with Gasteiger partial charge in [-0.2, -0.15) is 0 Å². The van der Waals surface area contributed by atoms with E-state index in [-0.39, 0.29) is 11.8 Å². The third-order valence-electron chi connectivity index (χ3n) is 3.37. The molecule has 2 aromatic rings. The zero-order chi connectivity index (χ0) is 17.1. The fourth-order valence-corrected chi connectivity index (χ4v) is 3.62. The molecule has 3 rings (SSSR count). The Balaban J connectivity index is 1.94. The Bertz CT molecular complexity index is 847. The number of amides is 2. The number of nitrogens with one attached hydrogen (secondary N) is 1. The topological polar surface area (TPSA) is 49.4 Å². The zero-order valence-electron chi connectivity index (χ0n) is 12.9. The van der Waals surface area contributed by atoms with E-state index >= 15 is 0 Å². The van der Waals surface area contributed by atoms with E-state index in [9.17, 15) is 9.59 Å². The number of thioether (sulfide) groups is 1. The predicted octanol–water partition coefficient (Wildman–Crippen LogP) is 4.05. The molecule has 1 aliphatic heterocycles. The molecule has 24 heavy (non-hydrogen) atoms. The molecule has 0 bridgehead atoms. The average molecular weight is 354 g/mol. The molecule has 0 radical (unpaired) electrons. The first-order chi connectivity index (χ1) is 11.6. The minimum atomic E-state index is -0.160. The molecule has 0 aliphatic carbocycles. The molecule has 4 nitrogen and oxygen atoms in total. The predicted molar refractivity (Wildman–Crippen MR) is 103 cm³/mol. The van der Waals surface area contributed by atoms with E-state index in [1.54, 1.807) is 12.1 Å². The number of benzene rings is 2. The van der Waals surface area contributed by atoms with Crippen LogP contribution in [0, 0.1) is 0 Å². The zero-order valence-corrected chi connectivity index (χ0v) is 14.5. The van der Waals surface area contributed by atoms with Crippen LogP contribution in [0.2, 0.25) is 0 Å². The van der Waals surface area contributed by atoms with Crippen LogP contribution in [0.25, 0.3) is 6.08 Å². The second kappa shape index (κ2) is 6.98. The van der Waals surface area contributed by atoms with Gasteiger partial charge in [0.2, 0.25) is 5.91 Å². The normalized spacial score (nSPS) is 15.9. The maximum Gasteiger partial charge on any atom is 0.270 e. The second-order valence-corrected chi connectivity index (χ2v) is 6.80. The van der Waals surface area contributed by atoms with Crippen LogP contribution in [0.1, 0.15) is 12.5 Å². The van der Waals surface area contributed by atoms with Crippen molar-refractivity contribution >= 4 is 57.6 Å². The summed E-state index contributed by atoms with van der Waals surface area (Å²) in [4.78, 5) is 26.1. The van der Waals surface area contributed by atoms with Gasteiger partial charge in [-0.15, -0.1) is 0 Å². The van der Waals surface area contributed by atoms with Gasteiger partial charge in [-0.05, 0) is 29.8 Å². The average Bonchev–Trinajstić information content (AvgIpc) is 2.83. The van der Waals surface area contributed by atoms with Crippen molar-refractivity contribution in [2.45, 2.75) is 6.92 Å². The van der Waals surface area contributed by atoms with Gasteiger partial charge in [-0.25, -0.2) is 0 Å². The van der Waals surface area contributed by atoms with Crippen LogP contribution in [0.15, 0.2) is 59.5 Å². The van der Waals surface area contributed by atoms with Crippen molar-refractivity contribution in [2.75, 3.05) is 10.2 Å². The lowest BCUT2D eigenvalue weighted by Crippen LogP contribution is -2.27. The summed E-state index contributed by atoms with van der Waals surface area (Å²) in [6, 6.07) is 16.6. The van der Waals surface area contributed by atoms with E-state index in [1.807, 2.05) is 48.5 Å². The Kier molecular flexibility index (Phi) is 4.78. The molecule has 2 amide bonds. The first-order valence-electron chi connectivity index (χ1n) is 7.26. The van der Waals surface area contributed by atoms with E-state index in [0.29, 0.717) is 14.9 Å². The summed E-state index contributed by atoms with van der Waals surface area (Å²) in [5, 5.41) is 2.77. The molecule has 1 N–H and O–H groups in total. The van der Waals surface area contributed by atoms with E-state index in [1.165, 1.54) is 23.6 Å². The number of nitrogens with zero attached hydrogens (tertiary/aromatic N) is 1. The van der Waals surface area contributed by atoms with Crippen molar-refractivity contribution in [3.8, 4) is 0 Å². The smallest absolute Gasteiger partial charge is 0.270 e. The summed E-state index contributed by atoms with van der Waals surface area (Å²) in [6.07, 6.45) is 1.76. The molecule has 120 valence electrons. The molecule has 1 fully saturated rings. The molecule has 0 atom stereocenters. The summed E-state index contributed by atoms with van der Waals surface area (Å²) in [6.45, 7) is 1.45. The first kappa shape index (κ1) is 16.4.